The first-order chi connectivity index (χ1) is 6.56. The van der Waals surface area contributed by atoms with Crippen molar-refractivity contribution in [3.05, 3.63) is 34.3 Å². The summed E-state index contributed by atoms with van der Waals surface area (Å²) in [4.78, 5) is 0. The number of hydrogen-bond acceptors (Lipinski definition) is 1. The van der Waals surface area contributed by atoms with Gasteiger partial charge in [0.05, 0.1) is 0 Å². The van der Waals surface area contributed by atoms with Gasteiger partial charge in [0.2, 0.25) is 0 Å². The monoisotopic (exact) mass is 209 g/mol. The SMILES string of the molecule is CNC1c2cccc(Cl)c2CC1(C)C. The summed E-state index contributed by atoms with van der Waals surface area (Å²) in [5, 5.41) is 4.29. The lowest BCUT2D eigenvalue weighted by atomic mass is 9.85. The van der Waals surface area contributed by atoms with Crippen molar-refractivity contribution in [1.82, 2.24) is 5.32 Å². The van der Waals surface area contributed by atoms with Crippen molar-refractivity contribution < 1.29 is 0 Å². The van der Waals surface area contributed by atoms with E-state index in [1.165, 1.54) is 11.1 Å². The van der Waals surface area contributed by atoms with Crippen molar-refractivity contribution in [2.24, 2.45) is 5.41 Å². The Hall–Kier alpha value is -0.530. The van der Waals surface area contributed by atoms with Crippen LogP contribution in [0.2, 0.25) is 5.02 Å². The summed E-state index contributed by atoms with van der Waals surface area (Å²) < 4.78 is 0. The smallest absolute Gasteiger partial charge is 0.0441 e. The minimum atomic E-state index is 0.266. The maximum Gasteiger partial charge on any atom is 0.0441 e. The van der Waals surface area contributed by atoms with E-state index in [1.807, 2.05) is 19.2 Å². The zero-order chi connectivity index (χ0) is 10.3. The summed E-state index contributed by atoms with van der Waals surface area (Å²) in [5.74, 6) is 0. The lowest BCUT2D eigenvalue weighted by molar-refractivity contribution is 0.283. The van der Waals surface area contributed by atoms with Crippen LogP contribution in [-0.2, 0) is 6.42 Å². The van der Waals surface area contributed by atoms with Crippen molar-refractivity contribution in [2.75, 3.05) is 7.05 Å². The number of nitrogens with one attached hydrogen (secondary N) is 1. The third-order valence-corrected chi connectivity index (χ3v) is 3.52. The first-order valence-corrected chi connectivity index (χ1v) is 5.38. The molecule has 0 aromatic heterocycles. The number of rotatable bonds is 1. The predicted octanol–water partition coefficient (Wildman–Crippen LogP) is 3.18. The lowest BCUT2D eigenvalue weighted by Gasteiger charge is -2.26. The lowest BCUT2D eigenvalue weighted by Crippen LogP contribution is -2.28. The van der Waals surface area contributed by atoms with Gasteiger partial charge in [0, 0.05) is 11.1 Å². The van der Waals surface area contributed by atoms with Crippen LogP contribution in [0.3, 0.4) is 0 Å². The van der Waals surface area contributed by atoms with Crippen LogP contribution in [0.5, 0.6) is 0 Å². The van der Waals surface area contributed by atoms with Gasteiger partial charge < -0.3 is 5.32 Å². The molecule has 1 aliphatic rings. The highest BCUT2D eigenvalue weighted by Gasteiger charge is 2.38. The van der Waals surface area contributed by atoms with Gasteiger partial charge in [0.25, 0.3) is 0 Å². The topological polar surface area (TPSA) is 12.0 Å². The van der Waals surface area contributed by atoms with Gasteiger partial charge in [-0.15, -0.1) is 0 Å². The van der Waals surface area contributed by atoms with Gasteiger partial charge in [-0.25, -0.2) is 0 Å². The maximum absolute atomic E-state index is 6.19. The Morgan fingerprint density at radius 2 is 2.14 bits per heavy atom. The van der Waals surface area contributed by atoms with E-state index in [0.29, 0.717) is 6.04 Å². The second kappa shape index (κ2) is 3.25. The molecule has 2 heteroatoms. The number of halogens is 1. The molecule has 76 valence electrons. The molecule has 0 bridgehead atoms. The molecule has 0 heterocycles. The van der Waals surface area contributed by atoms with E-state index in [0.717, 1.165) is 11.4 Å². The van der Waals surface area contributed by atoms with Crippen molar-refractivity contribution in [2.45, 2.75) is 26.3 Å². The van der Waals surface area contributed by atoms with Crippen LogP contribution in [0.25, 0.3) is 0 Å². The van der Waals surface area contributed by atoms with Crippen LogP contribution in [0.15, 0.2) is 18.2 Å². The summed E-state index contributed by atoms with van der Waals surface area (Å²) >= 11 is 6.19. The molecule has 1 aromatic carbocycles. The molecule has 0 amide bonds. The van der Waals surface area contributed by atoms with Crippen LogP contribution in [0.1, 0.15) is 31.0 Å². The number of fused-ring (bicyclic) bond motifs is 1. The highest BCUT2D eigenvalue weighted by molar-refractivity contribution is 6.31. The average molecular weight is 210 g/mol. The fraction of sp³-hybridized carbons (Fsp3) is 0.500. The number of benzene rings is 1. The van der Waals surface area contributed by atoms with Crippen molar-refractivity contribution in [3.8, 4) is 0 Å². The Balaban J connectivity index is 2.53. The molecule has 1 atom stereocenters. The normalized spacial score (nSPS) is 23.6. The Bertz CT molecular complexity index is 357. The van der Waals surface area contributed by atoms with Gasteiger partial charge in [-0.05, 0) is 36.1 Å². The first-order valence-electron chi connectivity index (χ1n) is 5.01. The molecule has 1 unspecified atom stereocenters. The summed E-state index contributed by atoms with van der Waals surface area (Å²) in [7, 11) is 2.02. The third-order valence-electron chi connectivity index (χ3n) is 3.17. The second-order valence-corrected chi connectivity index (χ2v) is 5.10. The zero-order valence-corrected chi connectivity index (χ0v) is 9.65. The van der Waals surface area contributed by atoms with E-state index < -0.39 is 0 Å². The molecule has 0 saturated carbocycles. The Kier molecular flexibility index (Phi) is 2.32. The maximum atomic E-state index is 6.19. The Morgan fingerprint density at radius 3 is 2.79 bits per heavy atom. The van der Waals surface area contributed by atoms with E-state index in [1.54, 1.807) is 0 Å². The summed E-state index contributed by atoms with van der Waals surface area (Å²) in [5.41, 5.74) is 2.95. The van der Waals surface area contributed by atoms with Crippen molar-refractivity contribution >= 4 is 11.6 Å². The fourth-order valence-electron chi connectivity index (χ4n) is 2.56. The molecule has 14 heavy (non-hydrogen) atoms. The summed E-state index contributed by atoms with van der Waals surface area (Å²) in [6.07, 6.45) is 1.06. The van der Waals surface area contributed by atoms with E-state index in [9.17, 15) is 0 Å². The van der Waals surface area contributed by atoms with Crippen molar-refractivity contribution in [3.63, 3.8) is 0 Å². The zero-order valence-electron chi connectivity index (χ0n) is 8.89. The molecule has 1 aliphatic carbocycles. The van der Waals surface area contributed by atoms with Gasteiger partial charge in [-0.2, -0.15) is 0 Å². The Morgan fingerprint density at radius 1 is 1.43 bits per heavy atom. The molecule has 2 rings (SSSR count). The van der Waals surface area contributed by atoms with Crippen LogP contribution in [-0.4, -0.2) is 7.05 Å². The van der Waals surface area contributed by atoms with E-state index >= 15 is 0 Å². The summed E-state index contributed by atoms with van der Waals surface area (Å²) in [6, 6.07) is 6.62. The molecule has 0 radical (unpaired) electrons. The quantitative estimate of drug-likeness (QED) is 0.749. The standard InChI is InChI=1S/C12H16ClN/c1-12(2)7-9-8(11(12)14-3)5-4-6-10(9)13/h4-6,11,14H,7H2,1-3H3. The van der Waals surface area contributed by atoms with Crippen LogP contribution in [0, 0.1) is 5.41 Å². The van der Waals surface area contributed by atoms with Crippen LogP contribution in [0.4, 0.5) is 0 Å². The largest absolute Gasteiger partial charge is 0.313 e. The first kappa shape index (κ1) is 10.0. The van der Waals surface area contributed by atoms with Crippen molar-refractivity contribution in [1.29, 1.82) is 0 Å². The van der Waals surface area contributed by atoms with E-state index in [4.69, 9.17) is 11.6 Å². The molecule has 0 spiro atoms. The Labute approximate surface area is 90.5 Å². The van der Waals surface area contributed by atoms with Gasteiger partial charge in [-0.1, -0.05) is 37.6 Å². The van der Waals surface area contributed by atoms with Crippen LogP contribution < -0.4 is 5.32 Å². The van der Waals surface area contributed by atoms with Gasteiger partial charge in [0.15, 0.2) is 0 Å². The highest BCUT2D eigenvalue weighted by Crippen LogP contribution is 2.46. The van der Waals surface area contributed by atoms with Crippen LogP contribution >= 0.6 is 11.6 Å². The fourth-order valence-corrected chi connectivity index (χ4v) is 2.81. The van der Waals surface area contributed by atoms with Gasteiger partial charge in [-0.3, -0.25) is 0 Å². The van der Waals surface area contributed by atoms with E-state index in [-0.39, 0.29) is 5.41 Å². The molecular weight excluding hydrogens is 194 g/mol. The molecule has 1 aromatic rings. The second-order valence-electron chi connectivity index (χ2n) is 4.69. The molecular formula is C12H16ClN. The average Bonchev–Trinajstić information content (AvgIpc) is 2.37. The molecule has 0 aliphatic heterocycles. The third kappa shape index (κ3) is 1.35. The molecule has 1 N–H and O–H groups in total. The molecule has 0 saturated heterocycles. The predicted molar refractivity (Wildman–Crippen MR) is 60.7 cm³/mol. The minimum absolute atomic E-state index is 0.266. The highest BCUT2D eigenvalue weighted by atomic mass is 35.5. The van der Waals surface area contributed by atoms with Gasteiger partial charge >= 0.3 is 0 Å². The molecule has 0 fully saturated rings. The van der Waals surface area contributed by atoms with Gasteiger partial charge in [0.1, 0.15) is 0 Å². The number of hydrogen-bond donors (Lipinski definition) is 1. The summed E-state index contributed by atoms with van der Waals surface area (Å²) in [6.45, 7) is 4.56. The minimum Gasteiger partial charge on any atom is -0.313 e. The van der Waals surface area contributed by atoms with E-state index in [2.05, 4.69) is 25.2 Å². The molecule has 1 nitrogen and oxygen atoms in total.